The predicted molar refractivity (Wildman–Crippen MR) is 50.2 cm³/mol. The van der Waals surface area contributed by atoms with Gasteiger partial charge in [0.1, 0.15) is 12.1 Å². The molecule has 0 bridgehead atoms. The maximum absolute atomic E-state index is 5.62. The molecule has 1 aromatic heterocycles. The van der Waals surface area contributed by atoms with Gasteiger partial charge in [0.05, 0.1) is 5.56 Å². The fraction of sp³-hybridized carbons (Fsp3) is 0.333. The van der Waals surface area contributed by atoms with Crippen LogP contribution < -0.4 is 10.5 Å². The largest absolute Gasteiger partial charge is 0.464 e. The Morgan fingerprint density at radius 1 is 1.62 bits per heavy atom. The molecule has 4 heteroatoms. The Hall–Kier alpha value is -1.76. The van der Waals surface area contributed by atoms with Crippen molar-refractivity contribution in [1.29, 1.82) is 0 Å². The monoisotopic (exact) mass is 177 g/mol. The van der Waals surface area contributed by atoms with Gasteiger partial charge in [0.15, 0.2) is 6.61 Å². The number of nitrogen functional groups attached to an aromatic ring is 1. The zero-order chi connectivity index (χ0) is 9.68. The van der Waals surface area contributed by atoms with E-state index in [9.17, 15) is 0 Å². The number of rotatable bonds is 3. The standard InChI is InChI=1S/C9H11N3O/c1-3-5-13-9-7(4-2)8(10)11-6-12-9/h1,6H,4-5H2,2H3,(H2,10,11,12). The molecule has 0 atom stereocenters. The number of terminal acetylenes is 1. The highest BCUT2D eigenvalue weighted by Crippen LogP contribution is 2.19. The predicted octanol–water partition coefficient (Wildman–Crippen LogP) is 0.633. The number of anilines is 1. The van der Waals surface area contributed by atoms with Gasteiger partial charge in [-0.25, -0.2) is 9.97 Å². The molecule has 0 aliphatic rings. The molecule has 0 saturated carbocycles. The van der Waals surface area contributed by atoms with E-state index in [1.807, 2.05) is 6.92 Å². The molecule has 0 aliphatic heterocycles. The van der Waals surface area contributed by atoms with Crippen LogP contribution in [-0.4, -0.2) is 16.6 Å². The third kappa shape index (κ3) is 2.09. The minimum atomic E-state index is 0.198. The van der Waals surface area contributed by atoms with Crippen LogP contribution in [0.2, 0.25) is 0 Å². The number of nitrogens with zero attached hydrogens (tertiary/aromatic N) is 2. The average molecular weight is 177 g/mol. The molecule has 13 heavy (non-hydrogen) atoms. The van der Waals surface area contributed by atoms with Crippen LogP contribution in [0.25, 0.3) is 0 Å². The molecular weight excluding hydrogens is 166 g/mol. The number of hydrogen-bond donors (Lipinski definition) is 1. The highest BCUT2D eigenvalue weighted by atomic mass is 16.5. The lowest BCUT2D eigenvalue weighted by Crippen LogP contribution is -2.04. The highest BCUT2D eigenvalue weighted by molar-refractivity contribution is 5.44. The van der Waals surface area contributed by atoms with Gasteiger partial charge in [0, 0.05) is 0 Å². The summed E-state index contributed by atoms with van der Waals surface area (Å²) in [7, 11) is 0. The van der Waals surface area contributed by atoms with Crippen molar-refractivity contribution < 1.29 is 4.74 Å². The highest BCUT2D eigenvalue weighted by Gasteiger charge is 2.07. The van der Waals surface area contributed by atoms with Gasteiger partial charge in [-0.05, 0) is 6.42 Å². The number of ether oxygens (including phenoxy) is 1. The zero-order valence-corrected chi connectivity index (χ0v) is 7.45. The van der Waals surface area contributed by atoms with Gasteiger partial charge in [-0.3, -0.25) is 0 Å². The van der Waals surface area contributed by atoms with E-state index in [1.165, 1.54) is 6.33 Å². The van der Waals surface area contributed by atoms with Gasteiger partial charge in [-0.1, -0.05) is 12.8 Å². The number of aromatic nitrogens is 2. The first-order valence-electron chi connectivity index (χ1n) is 3.95. The van der Waals surface area contributed by atoms with Crippen LogP contribution in [0, 0.1) is 12.3 Å². The van der Waals surface area contributed by atoms with Gasteiger partial charge in [-0.15, -0.1) is 6.42 Å². The average Bonchev–Trinajstić information content (AvgIpc) is 2.15. The van der Waals surface area contributed by atoms with Crippen molar-refractivity contribution >= 4 is 5.82 Å². The van der Waals surface area contributed by atoms with Crippen molar-refractivity contribution in [3.63, 3.8) is 0 Å². The fourth-order valence-electron chi connectivity index (χ4n) is 0.976. The van der Waals surface area contributed by atoms with E-state index in [1.54, 1.807) is 0 Å². The maximum Gasteiger partial charge on any atom is 0.222 e. The lowest BCUT2D eigenvalue weighted by Gasteiger charge is -2.07. The Balaban J connectivity index is 2.93. The number of hydrogen-bond acceptors (Lipinski definition) is 4. The minimum Gasteiger partial charge on any atom is -0.464 e. The first-order chi connectivity index (χ1) is 6.29. The Morgan fingerprint density at radius 3 is 3.00 bits per heavy atom. The van der Waals surface area contributed by atoms with Crippen molar-refractivity contribution in [3.05, 3.63) is 11.9 Å². The Morgan fingerprint density at radius 2 is 2.38 bits per heavy atom. The Kier molecular flexibility index (Phi) is 3.09. The first kappa shape index (κ1) is 9.33. The molecule has 4 nitrogen and oxygen atoms in total. The smallest absolute Gasteiger partial charge is 0.222 e. The molecule has 1 aromatic rings. The molecule has 0 amide bonds. The van der Waals surface area contributed by atoms with E-state index < -0.39 is 0 Å². The second kappa shape index (κ2) is 4.31. The first-order valence-corrected chi connectivity index (χ1v) is 3.95. The van der Waals surface area contributed by atoms with Crippen LogP contribution in [0.15, 0.2) is 6.33 Å². The summed E-state index contributed by atoms with van der Waals surface area (Å²) in [6, 6.07) is 0. The summed E-state index contributed by atoms with van der Waals surface area (Å²) in [6.07, 6.45) is 7.15. The van der Waals surface area contributed by atoms with E-state index in [0.29, 0.717) is 11.7 Å². The molecule has 0 spiro atoms. The van der Waals surface area contributed by atoms with Crippen LogP contribution in [0.4, 0.5) is 5.82 Å². The molecule has 0 aromatic carbocycles. The molecule has 0 saturated heterocycles. The summed E-state index contributed by atoms with van der Waals surface area (Å²) in [5, 5.41) is 0. The van der Waals surface area contributed by atoms with Gasteiger partial charge in [0.2, 0.25) is 5.88 Å². The quantitative estimate of drug-likeness (QED) is 0.688. The summed E-state index contributed by atoms with van der Waals surface area (Å²) < 4.78 is 5.19. The van der Waals surface area contributed by atoms with Crippen molar-refractivity contribution in [2.24, 2.45) is 0 Å². The molecule has 0 radical (unpaired) electrons. The number of nitrogens with two attached hydrogens (primary N) is 1. The zero-order valence-electron chi connectivity index (χ0n) is 7.45. The SMILES string of the molecule is C#CCOc1ncnc(N)c1CC. The van der Waals surface area contributed by atoms with E-state index in [-0.39, 0.29) is 6.61 Å². The maximum atomic E-state index is 5.62. The lowest BCUT2D eigenvalue weighted by molar-refractivity contribution is 0.351. The third-order valence-electron chi connectivity index (χ3n) is 1.58. The summed E-state index contributed by atoms with van der Waals surface area (Å²) in [6.45, 7) is 2.15. The molecule has 68 valence electrons. The van der Waals surface area contributed by atoms with Gasteiger partial charge in [0.25, 0.3) is 0 Å². The molecule has 0 aliphatic carbocycles. The Bertz CT molecular complexity index is 330. The van der Waals surface area contributed by atoms with Gasteiger partial charge in [-0.2, -0.15) is 0 Å². The second-order valence-corrected chi connectivity index (χ2v) is 2.39. The normalized spacial score (nSPS) is 9.23. The topological polar surface area (TPSA) is 61.0 Å². The summed E-state index contributed by atoms with van der Waals surface area (Å²) >= 11 is 0. The molecule has 0 unspecified atom stereocenters. The molecule has 1 rings (SSSR count). The van der Waals surface area contributed by atoms with Crippen LogP contribution in [0.5, 0.6) is 5.88 Å². The van der Waals surface area contributed by atoms with Crippen molar-refractivity contribution in [1.82, 2.24) is 9.97 Å². The minimum absolute atomic E-state index is 0.198. The molecular formula is C9H11N3O. The third-order valence-corrected chi connectivity index (χ3v) is 1.58. The lowest BCUT2D eigenvalue weighted by atomic mass is 10.2. The molecule has 2 N–H and O–H groups in total. The van der Waals surface area contributed by atoms with E-state index in [4.69, 9.17) is 16.9 Å². The second-order valence-electron chi connectivity index (χ2n) is 2.39. The molecule has 0 fully saturated rings. The fourth-order valence-corrected chi connectivity index (χ4v) is 0.976. The Labute approximate surface area is 77.1 Å². The molecule has 1 heterocycles. The summed E-state index contributed by atoms with van der Waals surface area (Å²) in [5.74, 6) is 3.29. The summed E-state index contributed by atoms with van der Waals surface area (Å²) in [4.78, 5) is 7.79. The van der Waals surface area contributed by atoms with Crippen LogP contribution in [0.3, 0.4) is 0 Å². The van der Waals surface area contributed by atoms with Crippen LogP contribution in [0.1, 0.15) is 12.5 Å². The summed E-state index contributed by atoms with van der Waals surface area (Å²) in [5.41, 5.74) is 6.42. The van der Waals surface area contributed by atoms with Crippen molar-refractivity contribution in [3.8, 4) is 18.2 Å². The van der Waals surface area contributed by atoms with Crippen molar-refractivity contribution in [2.75, 3.05) is 12.3 Å². The van der Waals surface area contributed by atoms with Crippen molar-refractivity contribution in [2.45, 2.75) is 13.3 Å². The van der Waals surface area contributed by atoms with Crippen LogP contribution in [-0.2, 0) is 6.42 Å². The van der Waals surface area contributed by atoms with E-state index in [2.05, 4.69) is 15.9 Å². The van der Waals surface area contributed by atoms with Gasteiger partial charge >= 0.3 is 0 Å². The van der Waals surface area contributed by atoms with Crippen LogP contribution >= 0.6 is 0 Å². The van der Waals surface area contributed by atoms with Gasteiger partial charge < -0.3 is 10.5 Å². The van der Waals surface area contributed by atoms with E-state index in [0.717, 1.165) is 12.0 Å². The van der Waals surface area contributed by atoms with E-state index >= 15 is 0 Å².